The quantitative estimate of drug-likeness (QED) is 0.693. The standard InChI is InChI=1S/C15H11NO2/c17-13-6-5-11-9-10-3-1-7-16-8-2-4-12(14(10)16)15(11)18-13/h1-6,8-9,14H,7H2. The maximum atomic E-state index is 11.4. The van der Waals surface area contributed by atoms with Gasteiger partial charge in [-0.25, -0.2) is 4.79 Å². The highest BCUT2D eigenvalue weighted by Crippen LogP contribution is 2.39. The smallest absolute Gasteiger partial charge is 0.336 e. The molecule has 0 radical (unpaired) electrons. The van der Waals surface area contributed by atoms with Gasteiger partial charge in [0.1, 0.15) is 5.76 Å². The van der Waals surface area contributed by atoms with Crippen molar-refractivity contribution in [3.8, 4) is 0 Å². The Morgan fingerprint density at radius 1 is 1.33 bits per heavy atom. The van der Waals surface area contributed by atoms with Crippen molar-refractivity contribution in [2.75, 3.05) is 6.54 Å². The Morgan fingerprint density at radius 3 is 3.22 bits per heavy atom. The molecule has 88 valence electrons. The van der Waals surface area contributed by atoms with Crippen LogP contribution in [-0.4, -0.2) is 17.5 Å². The Kier molecular flexibility index (Phi) is 1.81. The molecule has 0 saturated heterocycles. The first-order valence-electron chi connectivity index (χ1n) is 6.00. The van der Waals surface area contributed by atoms with Crippen LogP contribution in [0.2, 0.25) is 0 Å². The van der Waals surface area contributed by atoms with Gasteiger partial charge in [0.05, 0.1) is 6.04 Å². The zero-order valence-corrected chi connectivity index (χ0v) is 9.67. The molecule has 3 aliphatic rings. The minimum atomic E-state index is -0.293. The molecule has 3 heterocycles. The van der Waals surface area contributed by atoms with E-state index in [1.165, 1.54) is 11.6 Å². The fourth-order valence-electron chi connectivity index (χ4n) is 2.82. The third-order valence-electron chi connectivity index (χ3n) is 3.57. The monoisotopic (exact) mass is 237 g/mol. The molecule has 1 aliphatic carbocycles. The number of fused-ring (bicyclic) bond motifs is 2. The topological polar surface area (TPSA) is 33.5 Å². The van der Waals surface area contributed by atoms with Crippen molar-refractivity contribution in [3.05, 3.63) is 70.0 Å². The molecule has 0 N–H and O–H groups in total. The predicted molar refractivity (Wildman–Crippen MR) is 69.7 cm³/mol. The van der Waals surface area contributed by atoms with Crippen molar-refractivity contribution in [1.82, 2.24) is 4.90 Å². The minimum absolute atomic E-state index is 0.193. The largest absolute Gasteiger partial charge is 0.422 e. The molecule has 1 aromatic rings. The molecule has 0 aromatic carbocycles. The van der Waals surface area contributed by atoms with Crippen LogP contribution in [0.1, 0.15) is 11.3 Å². The van der Waals surface area contributed by atoms with Crippen LogP contribution in [0.4, 0.5) is 0 Å². The highest BCUT2D eigenvalue weighted by Gasteiger charge is 2.33. The van der Waals surface area contributed by atoms with Gasteiger partial charge < -0.3 is 9.32 Å². The van der Waals surface area contributed by atoms with E-state index in [0.717, 1.165) is 17.7 Å². The van der Waals surface area contributed by atoms with Gasteiger partial charge in [0, 0.05) is 29.9 Å². The molecule has 1 aromatic heterocycles. The van der Waals surface area contributed by atoms with Gasteiger partial charge in [-0.2, -0.15) is 0 Å². The second kappa shape index (κ2) is 3.35. The summed E-state index contributed by atoms with van der Waals surface area (Å²) >= 11 is 0. The first kappa shape index (κ1) is 9.71. The van der Waals surface area contributed by atoms with Crippen molar-refractivity contribution in [3.63, 3.8) is 0 Å². The Hall–Kier alpha value is -2.29. The lowest BCUT2D eigenvalue weighted by atomic mass is 9.83. The van der Waals surface area contributed by atoms with Gasteiger partial charge in [-0.15, -0.1) is 0 Å². The van der Waals surface area contributed by atoms with Gasteiger partial charge >= 0.3 is 5.63 Å². The van der Waals surface area contributed by atoms with Crippen LogP contribution in [0.5, 0.6) is 0 Å². The van der Waals surface area contributed by atoms with Crippen molar-refractivity contribution in [2.24, 2.45) is 0 Å². The lowest BCUT2D eigenvalue weighted by Crippen LogP contribution is -2.38. The molecule has 0 saturated carbocycles. The van der Waals surface area contributed by atoms with Gasteiger partial charge in [0.25, 0.3) is 0 Å². The zero-order chi connectivity index (χ0) is 12.1. The molecule has 1 unspecified atom stereocenters. The molecule has 0 fully saturated rings. The van der Waals surface area contributed by atoms with E-state index in [9.17, 15) is 4.79 Å². The summed E-state index contributed by atoms with van der Waals surface area (Å²) in [6.07, 6.45) is 12.5. The van der Waals surface area contributed by atoms with E-state index >= 15 is 0 Å². The van der Waals surface area contributed by atoms with Gasteiger partial charge in [-0.05, 0) is 23.8 Å². The van der Waals surface area contributed by atoms with Crippen LogP contribution < -0.4 is 5.63 Å². The lowest BCUT2D eigenvalue weighted by molar-refractivity contribution is 0.375. The Balaban J connectivity index is 2.04. The highest BCUT2D eigenvalue weighted by molar-refractivity contribution is 5.85. The Bertz CT molecular complexity index is 703. The molecule has 0 bridgehead atoms. The Labute approximate surface area is 104 Å². The predicted octanol–water partition coefficient (Wildman–Crippen LogP) is 2.19. The number of hydrogen-bond acceptors (Lipinski definition) is 3. The summed E-state index contributed by atoms with van der Waals surface area (Å²) in [6, 6.07) is 3.49. The summed E-state index contributed by atoms with van der Waals surface area (Å²) in [5, 5.41) is 0. The molecule has 3 nitrogen and oxygen atoms in total. The third-order valence-corrected chi connectivity index (χ3v) is 3.57. The first-order valence-corrected chi connectivity index (χ1v) is 6.00. The second-order valence-corrected chi connectivity index (χ2v) is 4.65. The average Bonchev–Trinajstić information content (AvgIpc) is 2.40. The van der Waals surface area contributed by atoms with E-state index in [0.29, 0.717) is 5.76 Å². The summed E-state index contributed by atoms with van der Waals surface area (Å²) in [5.74, 6) is 0.709. The average molecular weight is 237 g/mol. The van der Waals surface area contributed by atoms with Gasteiger partial charge in [0.2, 0.25) is 0 Å². The number of allylic oxidation sites excluding steroid dienone is 2. The normalized spacial score (nSPS) is 23.1. The second-order valence-electron chi connectivity index (χ2n) is 4.65. The fourth-order valence-corrected chi connectivity index (χ4v) is 2.82. The number of hydrogen-bond donors (Lipinski definition) is 0. The first-order chi connectivity index (χ1) is 8.83. The van der Waals surface area contributed by atoms with E-state index < -0.39 is 0 Å². The zero-order valence-electron chi connectivity index (χ0n) is 9.67. The van der Waals surface area contributed by atoms with Gasteiger partial charge in [-0.1, -0.05) is 18.2 Å². The van der Waals surface area contributed by atoms with Crippen LogP contribution in [0, 0.1) is 0 Å². The molecule has 0 spiro atoms. The van der Waals surface area contributed by atoms with Gasteiger partial charge in [0.15, 0.2) is 0 Å². The molecule has 0 amide bonds. The molecular formula is C15H11NO2. The van der Waals surface area contributed by atoms with E-state index in [4.69, 9.17) is 4.42 Å². The molecule has 1 atom stereocenters. The van der Waals surface area contributed by atoms with Crippen molar-refractivity contribution in [2.45, 2.75) is 6.04 Å². The van der Waals surface area contributed by atoms with Crippen LogP contribution in [0.15, 0.2) is 57.4 Å². The number of nitrogens with zero attached hydrogens (tertiary/aromatic N) is 1. The molecular weight excluding hydrogens is 226 g/mol. The maximum Gasteiger partial charge on any atom is 0.336 e. The third kappa shape index (κ3) is 1.21. The van der Waals surface area contributed by atoms with Gasteiger partial charge in [-0.3, -0.25) is 0 Å². The van der Waals surface area contributed by atoms with E-state index in [2.05, 4.69) is 29.3 Å². The summed E-state index contributed by atoms with van der Waals surface area (Å²) < 4.78 is 5.38. The lowest BCUT2D eigenvalue weighted by Gasteiger charge is -2.39. The summed E-state index contributed by atoms with van der Waals surface area (Å²) in [7, 11) is 0. The van der Waals surface area contributed by atoms with Crippen molar-refractivity contribution < 1.29 is 4.42 Å². The molecule has 18 heavy (non-hydrogen) atoms. The molecule has 4 rings (SSSR count). The van der Waals surface area contributed by atoms with Crippen LogP contribution >= 0.6 is 0 Å². The van der Waals surface area contributed by atoms with Crippen molar-refractivity contribution >= 4 is 11.6 Å². The maximum absolute atomic E-state index is 11.4. The summed E-state index contributed by atoms with van der Waals surface area (Å²) in [6.45, 7) is 0.891. The summed E-state index contributed by atoms with van der Waals surface area (Å²) in [4.78, 5) is 13.6. The highest BCUT2D eigenvalue weighted by atomic mass is 16.4. The van der Waals surface area contributed by atoms with E-state index in [-0.39, 0.29) is 11.7 Å². The van der Waals surface area contributed by atoms with Crippen LogP contribution in [0.3, 0.4) is 0 Å². The summed E-state index contributed by atoms with van der Waals surface area (Å²) in [5.41, 5.74) is 3.01. The molecule has 2 aliphatic heterocycles. The fraction of sp³-hybridized carbons (Fsp3) is 0.133. The van der Waals surface area contributed by atoms with Crippen molar-refractivity contribution in [1.29, 1.82) is 0 Å². The molecule has 3 heteroatoms. The van der Waals surface area contributed by atoms with Crippen LogP contribution in [0.25, 0.3) is 11.6 Å². The number of rotatable bonds is 0. The SMILES string of the molecule is O=c1ccc2c(o1)C1=CC=CN3CC=CC(=C2)C13. The van der Waals surface area contributed by atoms with E-state index in [1.807, 2.05) is 18.2 Å². The van der Waals surface area contributed by atoms with E-state index in [1.54, 1.807) is 0 Å². The Morgan fingerprint density at radius 2 is 2.28 bits per heavy atom. The minimum Gasteiger partial charge on any atom is -0.422 e. The van der Waals surface area contributed by atoms with Crippen LogP contribution in [-0.2, 0) is 0 Å².